The molecule has 0 aliphatic carbocycles. The molecule has 1 N–H and O–H groups in total. The second kappa shape index (κ2) is 9.25. The number of hydrogen-bond acceptors (Lipinski definition) is 4. The number of sulfonamides is 1. The first-order valence-corrected chi connectivity index (χ1v) is 11.7. The monoisotopic (exact) mass is 404 g/mol. The first-order valence-electron chi connectivity index (χ1n) is 10.2. The Morgan fingerprint density at radius 3 is 2.39 bits per heavy atom. The quantitative estimate of drug-likeness (QED) is 0.721. The van der Waals surface area contributed by atoms with Gasteiger partial charge in [-0.3, -0.25) is 4.90 Å². The number of furan rings is 1. The van der Waals surface area contributed by atoms with E-state index in [1.807, 2.05) is 26.0 Å². The highest BCUT2D eigenvalue weighted by Crippen LogP contribution is 2.22. The molecule has 3 rings (SSSR count). The van der Waals surface area contributed by atoms with Crippen LogP contribution < -0.4 is 4.72 Å². The molecule has 1 aliphatic rings. The third-order valence-electron chi connectivity index (χ3n) is 5.58. The van der Waals surface area contributed by atoms with Crippen LogP contribution in [-0.2, 0) is 23.0 Å². The Hall–Kier alpha value is -1.63. The Balaban J connectivity index is 1.47. The summed E-state index contributed by atoms with van der Waals surface area (Å²) in [6, 6.07) is 9.36. The molecule has 0 unspecified atom stereocenters. The molecular formula is C22H32N2O3S. The van der Waals surface area contributed by atoms with Crippen LogP contribution in [0.5, 0.6) is 0 Å². The zero-order valence-electron chi connectivity index (χ0n) is 17.2. The molecule has 0 radical (unpaired) electrons. The molecule has 0 amide bonds. The van der Waals surface area contributed by atoms with Crippen LogP contribution in [0, 0.1) is 19.8 Å². The van der Waals surface area contributed by atoms with Gasteiger partial charge in [0, 0.05) is 18.7 Å². The van der Waals surface area contributed by atoms with E-state index in [1.165, 1.54) is 11.1 Å². The van der Waals surface area contributed by atoms with Crippen molar-refractivity contribution < 1.29 is 12.8 Å². The van der Waals surface area contributed by atoms with Crippen LogP contribution in [0.1, 0.15) is 48.8 Å². The second-order valence-corrected chi connectivity index (χ2v) is 9.67. The lowest BCUT2D eigenvalue weighted by molar-refractivity contribution is 0.178. The Bertz CT molecular complexity index is 864. The van der Waals surface area contributed by atoms with Crippen LogP contribution in [0.3, 0.4) is 0 Å². The van der Waals surface area contributed by atoms with Gasteiger partial charge in [-0.2, -0.15) is 0 Å². The smallest absolute Gasteiger partial charge is 0.240 e. The van der Waals surface area contributed by atoms with Crippen LogP contribution in [0.25, 0.3) is 0 Å². The predicted octanol–water partition coefficient (Wildman–Crippen LogP) is 4.04. The van der Waals surface area contributed by atoms with Gasteiger partial charge in [-0.1, -0.05) is 25.5 Å². The van der Waals surface area contributed by atoms with Crippen LogP contribution in [-0.4, -0.2) is 33.0 Å². The highest BCUT2D eigenvalue weighted by molar-refractivity contribution is 7.89. The maximum atomic E-state index is 12.6. The normalized spacial score (nSPS) is 16.5. The van der Waals surface area contributed by atoms with Crippen molar-refractivity contribution in [1.29, 1.82) is 0 Å². The van der Waals surface area contributed by atoms with Crippen molar-refractivity contribution in [3.8, 4) is 0 Å². The molecule has 28 heavy (non-hydrogen) atoms. The lowest BCUT2D eigenvalue weighted by Crippen LogP contribution is -2.38. The van der Waals surface area contributed by atoms with Gasteiger partial charge >= 0.3 is 0 Å². The van der Waals surface area contributed by atoms with Gasteiger partial charge < -0.3 is 4.42 Å². The van der Waals surface area contributed by atoms with Gasteiger partial charge in [0.15, 0.2) is 0 Å². The summed E-state index contributed by atoms with van der Waals surface area (Å²) in [5, 5.41) is 0. The number of likely N-dealkylation sites (tertiary alicyclic amines) is 1. The summed E-state index contributed by atoms with van der Waals surface area (Å²) in [5.41, 5.74) is 2.43. The van der Waals surface area contributed by atoms with E-state index in [4.69, 9.17) is 4.42 Å². The number of nitrogens with one attached hydrogen (secondary N) is 1. The van der Waals surface area contributed by atoms with Crippen molar-refractivity contribution >= 4 is 10.0 Å². The van der Waals surface area contributed by atoms with Crippen molar-refractivity contribution in [3.05, 3.63) is 53.0 Å². The maximum absolute atomic E-state index is 12.6. The molecule has 2 aromatic rings. The summed E-state index contributed by atoms with van der Waals surface area (Å²) in [7, 11) is -3.43. The van der Waals surface area contributed by atoms with Crippen molar-refractivity contribution in [1.82, 2.24) is 9.62 Å². The molecule has 5 nitrogen and oxygen atoms in total. The van der Waals surface area contributed by atoms with Gasteiger partial charge in [0.25, 0.3) is 0 Å². The second-order valence-electron chi connectivity index (χ2n) is 7.90. The molecular weight excluding hydrogens is 372 g/mol. The van der Waals surface area contributed by atoms with Crippen LogP contribution in [0.15, 0.2) is 39.6 Å². The average Bonchev–Trinajstić information content (AvgIpc) is 2.99. The molecule has 1 saturated heterocycles. The number of hydrogen-bond donors (Lipinski definition) is 1. The number of piperidine rings is 1. The largest absolute Gasteiger partial charge is 0.466 e. The van der Waals surface area contributed by atoms with Gasteiger partial charge in [0.2, 0.25) is 10.0 Å². The summed E-state index contributed by atoms with van der Waals surface area (Å²) >= 11 is 0. The molecule has 0 atom stereocenters. The van der Waals surface area contributed by atoms with Crippen molar-refractivity contribution in [2.24, 2.45) is 5.92 Å². The summed E-state index contributed by atoms with van der Waals surface area (Å²) < 4.78 is 33.5. The fourth-order valence-electron chi connectivity index (χ4n) is 3.86. The third-order valence-corrected chi connectivity index (χ3v) is 7.02. The molecule has 0 bridgehead atoms. The molecule has 1 aromatic carbocycles. The van der Waals surface area contributed by atoms with Crippen LogP contribution >= 0.6 is 0 Å². The molecule has 154 valence electrons. The highest BCUT2D eigenvalue weighted by atomic mass is 32.2. The number of aryl methyl sites for hydroxylation is 3. The van der Waals surface area contributed by atoms with E-state index < -0.39 is 10.0 Å². The Morgan fingerprint density at radius 1 is 1.14 bits per heavy atom. The Kier molecular flexibility index (Phi) is 6.96. The average molecular weight is 405 g/mol. The third kappa shape index (κ3) is 5.46. The SMILES string of the molecule is CCCc1ccc(S(=O)(=O)NCC2CCN(Cc3cc(C)oc3C)CC2)cc1. The molecule has 1 aliphatic heterocycles. The topological polar surface area (TPSA) is 62.6 Å². The summed E-state index contributed by atoms with van der Waals surface area (Å²) in [6.45, 7) is 9.51. The van der Waals surface area contributed by atoms with Gasteiger partial charge in [-0.25, -0.2) is 13.1 Å². The van der Waals surface area contributed by atoms with Gasteiger partial charge in [0.05, 0.1) is 4.90 Å². The van der Waals surface area contributed by atoms with E-state index >= 15 is 0 Å². The molecule has 2 heterocycles. The van der Waals surface area contributed by atoms with Gasteiger partial charge in [-0.05, 0) is 75.9 Å². The van der Waals surface area contributed by atoms with Crippen molar-refractivity contribution in [2.75, 3.05) is 19.6 Å². The Morgan fingerprint density at radius 2 is 1.82 bits per heavy atom. The summed E-state index contributed by atoms with van der Waals surface area (Å²) in [5.74, 6) is 2.34. The lowest BCUT2D eigenvalue weighted by atomic mass is 9.97. The van der Waals surface area contributed by atoms with Crippen LogP contribution in [0.4, 0.5) is 0 Å². The zero-order valence-corrected chi connectivity index (χ0v) is 18.0. The first kappa shape index (κ1) is 21.1. The van der Waals surface area contributed by atoms with E-state index in [0.717, 1.165) is 56.8 Å². The molecule has 0 spiro atoms. The maximum Gasteiger partial charge on any atom is 0.240 e. The van der Waals surface area contributed by atoms with E-state index in [1.54, 1.807) is 12.1 Å². The van der Waals surface area contributed by atoms with E-state index in [2.05, 4.69) is 22.6 Å². The minimum atomic E-state index is -3.43. The van der Waals surface area contributed by atoms with Gasteiger partial charge in [-0.15, -0.1) is 0 Å². The number of rotatable bonds is 8. The Labute approximate surface area is 169 Å². The van der Waals surface area contributed by atoms with Crippen LogP contribution in [0.2, 0.25) is 0 Å². The summed E-state index contributed by atoms with van der Waals surface area (Å²) in [6.07, 6.45) is 4.05. The summed E-state index contributed by atoms with van der Waals surface area (Å²) in [4.78, 5) is 2.78. The fourth-order valence-corrected chi connectivity index (χ4v) is 4.98. The molecule has 1 fully saturated rings. The zero-order chi connectivity index (χ0) is 20.1. The predicted molar refractivity (Wildman–Crippen MR) is 112 cm³/mol. The van der Waals surface area contributed by atoms with Crippen molar-refractivity contribution in [3.63, 3.8) is 0 Å². The highest BCUT2D eigenvalue weighted by Gasteiger charge is 2.22. The molecule has 1 aromatic heterocycles. The van der Waals surface area contributed by atoms with E-state index in [9.17, 15) is 8.42 Å². The lowest BCUT2D eigenvalue weighted by Gasteiger charge is -2.31. The van der Waals surface area contributed by atoms with Gasteiger partial charge in [0.1, 0.15) is 11.5 Å². The molecule has 0 saturated carbocycles. The number of nitrogens with zero attached hydrogens (tertiary/aromatic N) is 1. The fraction of sp³-hybridized carbons (Fsp3) is 0.545. The van der Waals surface area contributed by atoms with Crippen molar-refractivity contribution in [2.45, 2.75) is 57.9 Å². The number of benzene rings is 1. The molecule has 6 heteroatoms. The standard InChI is InChI=1S/C22H32N2O3S/c1-4-5-19-6-8-22(9-7-19)28(25,26)23-15-20-10-12-24(13-11-20)16-21-14-17(2)27-18(21)3/h6-9,14,20,23H,4-5,10-13,15-16H2,1-3H3. The first-order chi connectivity index (χ1) is 13.4. The van der Waals surface area contributed by atoms with E-state index in [0.29, 0.717) is 17.4 Å². The minimum Gasteiger partial charge on any atom is -0.466 e. The minimum absolute atomic E-state index is 0.357. The van der Waals surface area contributed by atoms with E-state index in [-0.39, 0.29) is 0 Å².